The number of fused-ring (bicyclic) bond motifs is 2. The second kappa shape index (κ2) is 16.5. The zero-order valence-electron chi connectivity index (χ0n) is 39.0. The van der Waals surface area contributed by atoms with E-state index in [1.54, 1.807) is 0 Å². The molecule has 0 aromatic heterocycles. The summed E-state index contributed by atoms with van der Waals surface area (Å²) in [7, 11) is 0. The molecule has 0 saturated heterocycles. The minimum atomic E-state index is -0.394. The van der Waals surface area contributed by atoms with Crippen LogP contribution in [0.15, 0.2) is 97.1 Å². The van der Waals surface area contributed by atoms with Crippen molar-refractivity contribution in [2.75, 3.05) is 0 Å². The molecule has 6 aromatic rings. The fourth-order valence-electron chi connectivity index (χ4n) is 9.58. The molecule has 0 unspecified atom stereocenters. The number of terminal acetylenes is 2. The van der Waals surface area contributed by atoms with Crippen molar-refractivity contribution in [2.24, 2.45) is 0 Å². The lowest BCUT2D eigenvalue weighted by atomic mass is 9.70. The lowest BCUT2D eigenvalue weighted by Gasteiger charge is -2.38. The molecule has 0 radical (unpaired) electrons. The number of ether oxygens (including phenoxy) is 1. The van der Waals surface area contributed by atoms with E-state index in [0.29, 0.717) is 0 Å². The highest BCUT2D eigenvalue weighted by molar-refractivity contribution is 5.69. The first-order chi connectivity index (χ1) is 30.6. The molecule has 1 aliphatic heterocycles. The van der Waals surface area contributed by atoms with E-state index in [9.17, 15) is 0 Å². The van der Waals surface area contributed by atoms with Gasteiger partial charge in [0.1, 0.15) is 11.5 Å². The van der Waals surface area contributed by atoms with Gasteiger partial charge in [-0.3, -0.25) is 0 Å². The van der Waals surface area contributed by atoms with Crippen molar-refractivity contribution in [3.05, 3.63) is 197 Å². The van der Waals surface area contributed by atoms with E-state index in [2.05, 4.69) is 188 Å². The Kier molecular flexibility index (Phi) is 11.0. The molecule has 8 bridgehead atoms. The molecule has 1 nitrogen and oxygen atoms in total. The number of hydrogen-bond donors (Lipinski definition) is 0. The SMILES string of the molecule is C#Cc1cc2ccc1CCc1ccc(c(C#Cc3cc(C(C)(C)C)cc4c3Oc3c(C#Cc5cc6ccc5CCc5ccc(c(C#C)c5)CC6)cc(C(C)(C)C)cc3C4(C)C)c1)CC2. The average molecular weight is 831 g/mol. The van der Waals surface area contributed by atoms with Crippen molar-refractivity contribution in [2.45, 2.75) is 123 Å². The van der Waals surface area contributed by atoms with Gasteiger partial charge in [0.25, 0.3) is 0 Å². The first-order valence-electron chi connectivity index (χ1n) is 23.1. The zero-order chi connectivity index (χ0) is 45.0. The Morgan fingerprint density at radius 2 is 0.719 bits per heavy atom. The number of rotatable bonds is 0. The van der Waals surface area contributed by atoms with Crippen LogP contribution in [0.4, 0.5) is 0 Å². The van der Waals surface area contributed by atoms with Crippen LogP contribution in [0.5, 0.6) is 11.5 Å². The Bertz CT molecular complexity index is 2890. The Labute approximate surface area is 383 Å². The van der Waals surface area contributed by atoms with Crippen LogP contribution < -0.4 is 4.74 Å². The highest BCUT2D eigenvalue weighted by Crippen LogP contribution is 2.52. The molecule has 0 fully saturated rings. The van der Waals surface area contributed by atoms with Crippen LogP contribution in [0.25, 0.3) is 0 Å². The average Bonchev–Trinajstić information content (AvgIpc) is 3.25. The molecule has 6 aromatic carbocycles. The first-order valence-corrected chi connectivity index (χ1v) is 23.1. The van der Waals surface area contributed by atoms with Gasteiger partial charge in [-0.1, -0.05) is 152 Å². The number of benzene rings is 6. The first kappa shape index (κ1) is 42.7. The van der Waals surface area contributed by atoms with Crippen LogP contribution >= 0.6 is 0 Å². The summed E-state index contributed by atoms with van der Waals surface area (Å²) in [6, 6.07) is 36.3. The van der Waals surface area contributed by atoms with E-state index in [-0.39, 0.29) is 10.8 Å². The third-order valence-electron chi connectivity index (χ3n) is 13.9. The molecule has 64 heavy (non-hydrogen) atoms. The normalized spacial score (nSPS) is 14.7. The van der Waals surface area contributed by atoms with Gasteiger partial charge in [-0.05, 0) is 154 Å². The van der Waals surface area contributed by atoms with Crippen molar-refractivity contribution in [1.82, 2.24) is 0 Å². The summed E-state index contributed by atoms with van der Waals surface area (Å²) in [4.78, 5) is 0. The van der Waals surface area contributed by atoms with Gasteiger partial charge < -0.3 is 4.74 Å². The largest absolute Gasteiger partial charge is 0.454 e. The van der Waals surface area contributed by atoms with E-state index in [1.807, 2.05) is 0 Å². The quantitative estimate of drug-likeness (QED) is 0.139. The molecule has 0 spiro atoms. The van der Waals surface area contributed by atoms with Crippen molar-refractivity contribution >= 4 is 0 Å². The van der Waals surface area contributed by atoms with Crippen LogP contribution in [0.2, 0.25) is 0 Å². The molecule has 0 N–H and O–H groups in total. The molecule has 1 heterocycles. The molecule has 0 atom stereocenters. The van der Waals surface area contributed by atoms with Crippen LogP contribution in [-0.2, 0) is 67.6 Å². The maximum absolute atomic E-state index is 7.28. The van der Waals surface area contributed by atoms with Crippen molar-refractivity contribution in [3.8, 4) is 59.9 Å². The Hall–Kier alpha value is -6.64. The van der Waals surface area contributed by atoms with E-state index in [1.165, 1.54) is 55.6 Å². The number of hydrogen-bond acceptors (Lipinski definition) is 1. The lowest BCUT2D eigenvalue weighted by Crippen LogP contribution is -2.28. The van der Waals surface area contributed by atoms with Crippen LogP contribution in [0.3, 0.4) is 0 Å². The Morgan fingerprint density at radius 1 is 0.406 bits per heavy atom. The number of aryl methyl sites for hydroxylation is 8. The molecular weight excluding hydrogens is 773 g/mol. The minimum absolute atomic E-state index is 0.102. The fraction of sp³-hybridized carbons (Fsp3) is 0.302. The van der Waals surface area contributed by atoms with Crippen LogP contribution in [0, 0.1) is 48.4 Å². The van der Waals surface area contributed by atoms with Crippen molar-refractivity contribution < 1.29 is 4.74 Å². The minimum Gasteiger partial charge on any atom is -0.454 e. The van der Waals surface area contributed by atoms with Gasteiger partial charge >= 0.3 is 0 Å². The van der Waals surface area contributed by atoms with Gasteiger partial charge in [-0.2, -0.15) is 0 Å². The highest BCUT2D eigenvalue weighted by atomic mass is 16.5. The van der Waals surface area contributed by atoms with E-state index in [0.717, 1.165) is 107 Å². The van der Waals surface area contributed by atoms with E-state index in [4.69, 9.17) is 17.6 Å². The second-order valence-corrected chi connectivity index (χ2v) is 20.8. The Morgan fingerprint density at radius 3 is 1.05 bits per heavy atom. The van der Waals surface area contributed by atoms with Gasteiger partial charge in [-0.25, -0.2) is 0 Å². The maximum Gasteiger partial charge on any atom is 0.147 e. The topological polar surface area (TPSA) is 9.23 Å². The molecule has 1 heteroatoms. The Balaban J connectivity index is 1.15. The molecule has 8 aliphatic carbocycles. The molecule has 0 amide bonds. The molecule has 15 rings (SSSR count). The van der Waals surface area contributed by atoms with E-state index >= 15 is 0 Å². The van der Waals surface area contributed by atoms with Gasteiger partial charge in [0, 0.05) is 38.8 Å². The zero-order valence-corrected chi connectivity index (χ0v) is 39.0. The maximum atomic E-state index is 7.28. The van der Waals surface area contributed by atoms with Gasteiger partial charge in [0.2, 0.25) is 0 Å². The molecular formula is C63H58O. The molecule has 316 valence electrons. The summed E-state index contributed by atoms with van der Waals surface area (Å²) in [6.07, 6.45) is 19.1. The summed E-state index contributed by atoms with van der Waals surface area (Å²) in [5.41, 5.74) is 20.2. The summed E-state index contributed by atoms with van der Waals surface area (Å²) >= 11 is 0. The monoisotopic (exact) mass is 830 g/mol. The lowest BCUT2D eigenvalue weighted by molar-refractivity contribution is 0.412. The van der Waals surface area contributed by atoms with E-state index < -0.39 is 5.41 Å². The smallest absolute Gasteiger partial charge is 0.147 e. The van der Waals surface area contributed by atoms with Crippen molar-refractivity contribution in [3.63, 3.8) is 0 Å². The standard InChI is InChI=1S/C63H58O/c1-11-45-33-41-13-21-47(45)23-15-43-19-27-49(25-17-41)51(35-43)29-31-53-37-55(61(3,4)5)39-57-59(53)64-60-54(38-56(62(6,7)8)40-58(60)63(57,9)10)32-30-52-36-44-16-24-48-22-14-42(34-46(48)12-2)18-26-50(52)28-20-44/h1-2,13-14,19-22,27-28,33-40H,15-18,23-26H2,3-10H3. The third-order valence-corrected chi connectivity index (χ3v) is 13.9. The summed E-state index contributed by atoms with van der Waals surface area (Å²) in [5.74, 6) is 22.4. The summed E-state index contributed by atoms with van der Waals surface area (Å²) < 4.78 is 7.28. The summed E-state index contributed by atoms with van der Waals surface area (Å²) in [6.45, 7) is 18.4. The van der Waals surface area contributed by atoms with Crippen LogP contribution in [0.1, 0.15) is 156 Å². The molecule has 0 saturated carbocycles. The predicted molar refractivity (Wildman–Crippen MR) is 266 cm³/mol. The predicted octanol–water partition coefficient (Wildman–Crippen LogP) is 13.2. The highest BCUT2D eigenvalue weighted by Gasteiger charge is 2.39. The van der Waals surface area contributed by atoms with Gasteiger partial charge in [0.15, 0.2) is 0 Å². The van der Waals surface area contributed by atoms with Crippen molar-refractivity contribution in [1.29, 1.82) is 0 Å². The third kappa shape index (κ3) is 8.42. The summed E-state index contributed by atoms with van der Waals surface area (Å²) in [5, 5.41) is 0. The van der Waals surface area contributed by atoms with Gasteiger partial charge in [-0.15, -0.1) is 12.8 Å². The fourth-order valence-corrected chi connectivity index (χ4v) is 9.58. The molecule has 9 aliphatic rings. The second-order valence-electron chi connectivity index (χ2n) is 20.8. The van der Waals surface area contributed by atoms with Crippen LogP contribution in [-0.4, -0.2) is 0 Å². The van der Waals surface area contributed by atoms with Gasteiger partial charge in [0.05, 0.1) is 11.1 Å².